The Morgan fingerprint density at radius 3 is 1.84 bits per heavy atom. The zero-order valence-corrected chi connectivity index (χ0v) is 35.2. The van der Waals surface area contributed by atoms with E-state index in [-0.39, 0.29) is 47.9 Å². The number of piperidine rings is 2. The minimum Gasteiger partial charge on any atom is -0.494 e. The second kappa shape index (κ2) is 17.2. The van der Waals surface area contributed by atoms with Crippen molar-refractivity contribution in [2.45, 2.75) is 126 Å². The fourth-order valence-corrected chi connectivity index (χ4v) is 10.0. The zero-order chi connectivity index (χ0) is 39.8. The van der Waals surface area contributed by atoms with E-state index in [1.165, 1.54) is 13.2 Å². The molecule has 2 aliphatic heterocycles. The predicted octanol–water partition coefficient (Wildman–Crippen LogP) is 9.30. The number of hydrogen-bond acceptors (Lipinski definition) is 7. The summed E-state index contributed by atoms with van der Waals surface area (Å²) in [6.45, 7) is 0. The van der Waals surface area contributed by atoms with Crippen LogP contribution in [0.1, 0.15) is 126 Å². The second-order valence-corrected chi connectivity index (χ2v) is 17.7. The Labute approximate surface area is 348 Å². The topological polar surface area (TPSA) is 135 Å². The number of nitrogens with zero attached hydrogens (tertiary/aromatic N) is 5. The molecule has 5 aromatic rings. The Hall–Kier alpha value is -3.85. The van der Waals surface area contributed by atoms with Crippen LogP contribution in [0.15, 0.2) is 63.5 Å². The van der Waals surface area contributed by atoms with Crippen molar-refractivity contribution in [2.24, 2.45) is 0 Å². The number of amides is 2. The summed E-state index contributed by atoms with van der Waals surface area (Å²) in [5.41, 5.74) is 4.49. The van der Waals surface area contributed by atoms with Crippen LogP contribution in [0.2, 0.25) is 0 Å². The van der Waals surface area contributed by atoms with Crippen molar-refractivity contribution < 1.29 is 28.9 Å². The number of imidazole rings is 2. The number of carbonyl (C=O) groups excluding carboxylic acids is 2. The van der Waals surface area contributed by atoms with E-state index < -0.39 is 5.82 Å². The van der Waals surface area contributed by atoms with Crippen LogP contribution >= 0.6 is 31.9 Å². The van der Waals surface area contributed by atoms with Crippen molar-refractivity contribution >= 4 is 71.4 Å². The van der Waals surface area contributed by atoms with Crippen LogP contribution in [0.4, 0.5) is 10.1 Å². The fourth-order valence-electron chi connectivity index (χ4n) is 9.31. The van der Waals surface area contributed by atoms with Gasteiger partial charge in [-0.3, -0.25) is 9.59 Å². The van der Waals surface area contributed by atoms with Gasteiger partial charge in [-0.15, -0.1) is 0 Å². The van der Waals surface area contributed by atoms with Gasteiger partial charge < -0.3 is 34.3 Å². The molecule has 2 saturated carbocycles. The number of hydrogen-bond donors (Lipinski definition) is 3. The highest BCUT2D eigenvalue weighted by Crippen LogP contribution is 2.42. The highest BCUT2D eigenvalue weighted by Gasteiger charge is 2.37. The molecule has 3 aromatic carbocycles. The molecule has 11 nitrogen and oxygen atoms in total. The van der Waals surface area contributed by atoms with Gasteiger partial charge in [-0.2, -0.15) is 0 Å². The van der Waals surface area contributed by atoms with Gasteiger partial charge in [-0.1, -0.05) is 31.9 Å². The third-order valence-corrected chi connectivity index (χ3v) is 13.1. The number of aliphatic hydroxyl groups excluding tert-OH is 2. The number of aromatic nitrogens is 4. The standard InChI is InChI=1S/C25H27BrFN3O3.C18H22BrN3O2/c1-33-23-12-8-17(14-19(23)27)29-22(3-2-4-24(29)32)25-28-20-13-15(26)5-11-21(20)30(25)16-6-9-18(31)10-7-16;19-11-4-9-16-15(10-11)21-18(14-2-1-3-17(24)20-14)22(16)12-5-7-13(23)8-6-12/h5,8,11-14,16,18,22,31H,2-4,6-7,9-10H2,1H3;4,9-10,12-14,23H,1-3,5-8H2,(H,20,24). The van der Waals surface area contributed by atoms with Gasteiger partial charge in [-0.05, 0) is 126 Å². The molecular formula is C43H49Br2FN6O5. The van der Waals surface area contributed by atoms with Crippen LogP contribution in [0, 0.1) is 5.82 Å². The summed E-state index contributed by atoms with van der Waals surface area (Å²) in [5, 5.41) is 23.0. The average molecular weight is 909 g/mol. The number of methoxy groups -OCH3 is 1. The number of carbonyl (C=O) groups is 2. The molecule has 2 saturated heterocycles. The molecule has 14 heteroatoms. The van der Waals surface area contributed by atoms with Crippen molar-refractivity contribution in [3.8, 4) is 5.75 Å². The van der Waals surface area contributed by atoms with Crippen LogP contribution < -0.4 is 15.0 Å². The van der Waals surface area contributed by atoms with Crippen molar-refractivity contribution in [3.63, 3.8) is 0 Å². The summed E-state index contributed by atoms with van der Waals surface area (Å²) in [5.74, 6) is 1.54. The molecular weight excluding hydrogens is 859 g/mol. The lowest BCUT2D eigenvalue weighted by Crippen LogP contribution is -2.40. The number of nitrogens with one attached hydrogen (secondary N) is 1. The first kappa shape index (κ1) is 40.0. The third-order valence-electron chi connectivity index (χ3n) is 12.1. The molecule has 0 spiro atoms. The van der Waals surface area contributed by atoms with Gasteiger partial charge in [0.1, 0.15) is 11.6 Å². The van der Waals surface area contributed by atoms with E-state index in [9.17, 15) is 24.2 Å². The van der Waals surface area contributed by atoms with Crippen LogP contribution in [0.25, 0.3) is 22.1 Å². The monoisotopic (exact) mass is 906 g/mol. The molecule has 2 amide bonds. The number of rotatable bonds is 6. The van der Waals surface area contributed by atoms with Crippen molar-refractivity contribution in [1.82, 2.24) is 24.4 Å². The maximum Gasteiger partial charge on any atom is 0.227 e. The van der Waals surface area contributed by atoms with E-state index in [4.69, 9.17) is 14.7 Å². The summed E-state index contributed by atoms with van der Waals surface area (Å²) in [6.07, 6.45) is 10.7. The molecule has 2 atom stereocenters. The van der Waals surface area contributed by atoms with Gasteiger partial charge in [-0.25, -0.2) is 14.4 Å². The molecule has 3 N–H and O–H groups in total. The summed E-state index contributed by atoms with van der Waals surface area (Å²) in [7, 11) is 1.43. The summed E-state index contributed by atoms with van der Waals surface area (Å²) in [4.78, 5) is 36.6. The van der Waals surface area contributed by atoms with Gasteiger partial charge in [0.25, 0.3) is 0 Å². The number of ether oxygens (including phenoxy) is 1. The molecule has 4 fully saturated rings. The minimum absolute atomic E-state index is 0.00993. The Balaban J connectivity index is 0.000000168. The van der Waals surface area contributed by atoms with Gasteiger partial charge >= 0.3 is 0 Å². The minimum atomic E-state index is -0.495. The van der Waals surface area contributed by atoms with Crippen LogP contribution in [-0.4, -0.2) is 60.4 Å². The fraction of sp³-hybridized carbons (Fsp3) is 0.488. The largest absolute Gasteiger partial charge is 0.494 e. The maximum absolute atomic E-state index is 14.6. The first-order valence-corrected chi connectivity index (χ1v) is 21.8. The summed E-state index contributed by atoms with van der Waals surface area (Å²) in [6, 6.07) is 17.1. The first-order valence-electron chi connectivity index (χ1n) is 20.2. The number of fused-ring (bicyclic) bond motifs is 2. The molecule has 4 heterocycles. The summed E-state index contributed by atoms with van der Waals surface area (Å²) >= 11 is 7.07. The SMILES string of the molecule is COc1ccc(N2C(=O)CCCC2c2nc3cc(Br)ccc3n2C2CCC(O)CC2)cc1F.O=C1CCCC(c2nc3cc(Br)ccc3n2C2CCC(O)CC2)N1. The Morgan fingerprint density at radius 1 is 0.719 bits per heavy atom. The first-order chi connectivity index (χ1) is 27.6. The summed E-state index contributed by atoms with van der Waals surface area (Å²) < 4.78 is 26.2. The molecule has 57 heavy (non-hydrogen) atoms. The van der Waals surface area contributed by atoms with Crippen LogP contribution in [0.5, 0.6) is 5.75 Å². The molecule has 302 valence electrons. The normalized spacial score (nSPS) is 25.6. The van der Waals surface area contributed by atoms with Gasteiger partial charge in [0.15, 0.2) is 11.6 Å². The Bertz CT molecular complexity index is 2260. The van der Waals surface area contributed by atoms with Crippen molar-refractivity contribution in [3.05, 3.63) is 81.0 Å². The van der Waals surface area contributed by atoms with E-state index >= 15 is 0 Å². The molecule has 0 radical (unpaired) electrons. The number of aliphatic hydroxyl groups is 2. The predicted molar refractivity (Wildman–Crippen MR) is 224 cm³/mol. The third kappa shape index (κ3) is 8.37. The second-order valence-electron chi connectivity index (χ2n) is 15.9. The molecule has 2 aromatic heterocycles. The zero-order valence-electron chi connectivity index (χ0n) is 32.0. The van der Waals surface area contributed by atoms with Gasteiger partial charge in [0.05, 0.1) is 53.5 Å². The number of benzene rings is 3. The molecule has 0 bridgehead atoms. The number of anilines is 1. The van der Waals surface area contributed by atoms with E-state index in [0.29, 0.717) is 24.6 Å². The highest BCUT2D eigenvalue weighted by atomic mass is 79.9. The van der Waals surface area contributed by atoms with Crippen LogP contribution in [0.3, 0.4) is 0 Å². The van der Waals surface area contributed by atoms with E-state index in [1.807, 2.05) is 24.3 Å². The quantitative estimate of drug-likeness (QED) is 0.155. The molecule has 2 aliphatic carbocycles. The lowest BCUT2D eigenvalue weighted by Gasteiger charge is -2.37. The Morgan fingerprint density at radius 2 is 1.28 bits per heavy atom. The van der Waals surface area contributed by atoms with Crippen LogP contribution in [-0.2, 0) is 9.59 Å². The van der Waals surface area contributed by atoms with Gasteiger partial charge in [0.2, 0.25) is 11.8 Å². The molecule has 9 rings (SSSR count). The van der Waals surface area contributed by atoms with Gasteiger partial charge in [0, 0.05) is 45.6 Å². The molecule has 4 aliphatic rings. The molecule has 2 unspecified atom stereocenters. The number of halogens is 3. The smallest absolute Gasteiger partial charge is 0.227 e. The van der Waals surface area contributed by atoms with Crippen molar-refractivity contribution in [1.29, 1.82) is 0 Å². The van der Waals surface area contributed by atoms with E-state index in [2.05, 4.69) is 58.4 Å². The Kier molecular flexibility index (Phi) is 12.0. The van der Waals surface area contributed by atoms with E-state index in [0.717, 1.165) is 120 Å². The van der Waals surface area contributed by atoms with Crippen molar-refractivity contribution in [2.75, 3.05) is 12.0 Å². The highest BCUT2D eigenvalue weighted by molar-refractivity contribution is 9.10. The lowest BCUT2D eigenvalue weighted by molar-refractivity contribution is -0.123. The van der Waals surface area contributed by atoms with E-state index in [1.54, 1.807) is 17.0 Å². The average Bonchev–Trinajstić information content (AvgIpc) is 3.77. The maximum atomic E-state index is 14.6. The lowest BCUT2D eigenvalue weighted by atomic mass is 9.92.